The van der Waals surface area contributed by atoms with Crippen LogP contribution < -0.4 is 5.32 Å². The minimum Gasteiger partial charge on any atom is -0.353 e. The Morgan fingerprint density at radius 3 is 2.61 bits per heavy atom. The zero-order chi connectivity index (χ0) is 22.1. The molecule has 5 nitrogen and oxygen atoms in total. The highest BCUT2D eigenvalue weighted by atomic mass is 19.1. The molecule has 0 unspecified atom stereocenters. The van der Waals surface area contributed by atoms with Crippen molar-refractivity contribution >= 4 is 22.7 Å². The Kier molecular flexibility index (Phi) is 5.81. The fourth-order valence-electron chi connectivity index (χ4n) is 4.46. The van der Waals surface area contributed by atoms with Gasteiger partial charge in [-0.1, -0.05) is 19.1 Å². The molecule has 1 aliphatic carbocycles. The van der Waals surface area contributed by atoms with Crippen LogP contribution in [0.25, 0.3) is 22.0 Å². The first-order chi connectivity index (χ1) is 14.9. The van der Waals surface area contributed by atoms with Gasteiger partial charge in [-0.3, -0.25) is 9.59 Å². The molecule has 4 rings (SSSR count). The van der Waals surface area contributed by atoms with Crippen LogP contribution in [0.1, 0.15) is 43.0 Å². The molecule has 1 aromatic heterocycles. The maximum Gasteiger partial charge on any atom is 0.256 e. The van der Waals surface area contributed by atoms with Crippen LogP contribution in [0.2, 0.25) is 0 Å². The standard InChI is InChI=1S/C25H28FN3O2/c1-4-24(30)27-19-7-8-20(15-19)29(3)25(31)21-9-5-17(14-22(21)26)16-6-10-23-18(13-16)11-12-28(23)2/h5-6,9-14,19-20H,4,7-8,15H2,1-3H3,(H,27,30)/t19-,20+/m0/s1. The van der Waals surface area contributed by atoms with Crippen molar-refractivity contribution in [1.29, 1.82) is 0 Å². The second kappa shape index (κ2) is 8.53. The highest BCUT2D eigenvalue weighted by Gasteiger charge is 2.31. The summed E-state index contributed by atoms with van der Waals surface area (Å²) in [6.07, 6.45) is 4.77. The van der Waals surface area contributed by atoms with E-state index in [1.807, 2.05) is 49.0 Å². The van der Waals surface area contributed by atoms with Crippen molar-refractivity contribution in [2.75, 3.05) is 7.05 Å². The van der Waals surface area contributed by atoms with E-state index in [1.165, 1.54) is 6.07 Å². The highest BCUT2D eigenvalue weighted by Crippen LogP contribution is 2.28. The van der Waals surface area contributed by atoms with Crippen molar-refractivity contribution in [3.63, 3.8) is 0 Å². The summed E-state index contributed by atoms with van der Waals surface area (Å²) in [7, 11) is 3.70. The minimum absolute atomic E-state index is 0.00535. The summed E-state index contributed by atoms with van der Waals surface area (Å²) >= 11 is 0. The van der Waals surface area contributed by atoms with E-state index < -0.39 is 5.82 Å². The van der Waals surface area contributed by atoms with Crippen LogP contribution in [0, 0.1) is 5.82 Å². The smallest absolute Gasteiger partial charge is 0.256 e. The highest BCUT2D eigenvalue weighted by molar-refractivity contribution is 5.95. The van der Waals surface area contributed by atoms with Crippen LogP contribution in [0.15, 0.2) is 48.7 Å². The van der Waals surface area contributed by atoms with E-state index in [4.69, 9.17) is 0 Å². The van der Waals surface area contributed by atoms with E-state index >= 15 is 0 Å². The van der Waals surface area contributed by atoms with Gasteiger partial charge in [-0.25, -0.2) is 4.39 Å². The number of carbonyl (C=O) groups excluding carboxylic acids is 2. The lowest BCUT2D eigenvalue weighted by Gasteiger charge is -2.25. The normalized spacial score (nSPS) is 18.3. The molecule has 162 valence electrons. The van der Waals surface area contributed by atoms with Crippen molar-refractivity contribution in [3.05, 3.63) is 60.0 Å². The molecular formula is C25H28FN3O2. The lowest BCUT2D eigenvalue weighted by molar-refractivity contribution is -0.121. The summed E-state index contributed by atoms with van der Waals surface area (Å²) in [5.41, 5.74) is 2.84. The van der Waals surface area contributed by atoms with Crippen molar-refractivity contribution in [1.82, 2.24) is 14.8 Å². The Morgan fingerprint density at radius 1 is 1.13 bits per heavy atom. The molecule has 1 fully saturated rings. The van der Waals surface area contributed by atoms with Crippen LogP contribution in [-0.4, -0.2) is 40.4 Å². The van der Waals surface area contributed by atoms with Gasteiger partial charge in [0.05, 0.1) is 5.56 Å². The van der Waals surface area contributed by atoms with Crippen molar-refractivity contribution in [3.8, 4) is 11.1 Å². The quantitative estimate of drug-likeness (QED) is 0.659. The molecule has 1 aliphatic rings. The Hall–Kier alpha value is -3.15. The van der Waals surface area contributed by atoms with Crippen LogP contribution >= 0.6 is 0 Å². The van der Waals surface area contributed by atoms with E-state index in [2.05, 4.69) is 5.32 Å². The Morgan fingerprint density at radius 2 is 1.87 bits per heavy atom. The monoisotopic (exact) mass is 421 g/mol. The van der Waals surface area contributed by atoms with E-state index in [0.29, 0.717) is 12.8 Å². The zero-order valence-corrected chi connectivity index (χ0v) is 18.2. The molecule has 0 spiro atoms. The average molecular weight is 422 g/mol. The number of halogens is 1. The fourth-order valence-corrected chi connectivity index (χ4v) is 4.46. The molecule has 1 heterocycles. The van der Waals surface area contributed by atoms with Gasteiger partial charge in [0, 0.05) is 49.7 Å². The summed E-state index contributed by atoms with van der Waals surface area (Å²) in [5.74, 6) is -0.818. The zero-order valence-electron chi connectivity index (χ0n) is 18.2. The van der Waals surface area contributed by atoms with E-state index in [-0.39, 0.29) is 29.5 Å². The van der Waals surface area contributed by atoms with E-state index in [1.54, 1.807) is 24.1 Å². The number of hydrogen-bond acceptors (Lipinski definition) is 2. The number of nitrogens with one attached hydrogen (secondary N) is 1. The number of aromatic nitrogens is 1. The van der Waals surface area contributed by atoms with Crippen LogP contribution in [0.5, 0.6) is 0 Å². The van der Waals surface area contributed by atoms with Gasteiger partial charge >= 0.3 is 0 Å². The molecule has 3 aromatic rings. The number of carbonyl (C=O) groups is 2. The second-order valence-electron chi connectivity index (χ2n) is 8.40. The van der Waals surface area contributed by atoms with E-state index in [9.17, 15) is 14.0 Å². The van der Waals surface area contributed by atoms with Crippen molar-refractivity contribution in [2.24, 2.45) is 7.05 Å². The van der Waals surface area contributed by atoms with Gasteiger partial charge in [-0.05, 0) is 60.7 Å². The summed E-state index contributed by atoms with van der Waals surface area (Å²) in [6, 6.07) is 12.9. The summed E-state index contributed by atoms with van der Waals surface area (Å²) in [4.78, 5) is 26.2. The molecule has 1 saturated carbocycles. The molecular weight excluding hydrogens is 393 g/mol. The van der Waals surface area contributed by atoms with Crippen LogP contribution in [-0.2, 0) is 11.8 Å². The first-order valence-electron chi connectivity index (χ1n) is 10.8. The third-order valence-electron chi connectivity index (χ3n) is 6.38. The number of amides is 2. The Labute approximate surface area is 181 Å². The first kappa shape index (κ1) is 21.1. The van der Waals surface area contributed by atoms with E-state index in [0.717, 1.165) is 34.9 Å². The lowest BCUT2D eigenvalue weighted by atomic mass is 10.0. The van der Waals surface area contributed by atoms with Gasteiger partial charge < -0.3 is 14.8 Å². The average Bonchev–Trinajstić information content (AvgIpc) is 3.39. The number of fused-ring (bicyclic) bond motifs is 1. The molecule has 0 radical (unpaired) electrons. The minimum atomic E-state index is -0.517. The van der Waals surface area contributed by atoms with Crippen LogP contribution in [0.3, 0.4) is 0 Å². The topological polar surface area (TPSA) is 54.3 Å². The number of rotatable bonds is 5. The van der Waals surface area contributed by atoms with Gasteiger partial charge in [0.1, 0.15) is 5.82 Å². The predicted molar refractivity (Wildman–Crippen MR) is 120 cm³/mol. The lowest BCUT2D eigenvalue weighted by Crippen LogP contribution is -2.38. The van der Waals surface area contributed by atoms with Gasteiger partial charge in [0.2, 0.25) is 5.91 Å². The molecule has 0 saturated heterocycles. The molecule has 31 heavy (non-hydrogen) atoms. The molecule has 2 aromatic carbocycles. The second-order valence-corrected chi connectivity index (χ2v) is 8.40. The van der Waals surface area contributed by atoms with Gasteiger partial charge in [0.15, 0.2) is 0 Å². The fraction of sp³-hybridized carbons (Fsp3) is 0.360. The maximum absolute atomic E-state index is 14.9. The third-order valence-corrected chi connectivity index (χ3v) is 6.38. The van der Waals surface area contributed by atoms with Crippen molar-refractivity contribution < 1.29 is 14.0 Å². The van der Waals surface area contributed by atoms with Gasteiger partial charge in [-0.15, -0.1) is 0 Å². The van der Waals surface area contributed by atoms with Crippen LogP contribution in [0.4, 0.5) is 4.39 Å². The largest absolute Gasteiger partial charge is 0.353 e. The summed E-state index contributed by atoms with van der Waals surface area (Å²) < 4.78 is 17.0. The number of hydrogen-bond donors (Lipinski definition) is 1. The van der Waals surface area contributed by atoms with Crippen molar-refractivity contribution in [2.45, 2.75) is 44.7 Å². The molecule has 0 aliphatic heterocycles. The Balaban J connectivity index is 1.49. The van der Waals surface area contributed by atoms with Gasteiger partial charge in [0.25, 0.3) is 5.91 Å². The maximum atomic E-state index is 14.9. The molecule has 6 heteroatoms. The number of aryl methyl sites for hydroxylation is 1. The number of benzene rings is 2. The predicted octanol–water partition coefficient (Wildman–Crippen LogP) is 4.50. The number of nitrogens with zero attached hydrogens (tertiary/aromatic N) is 2. The van der Waals surface area contributed by atoms with Gasteiger partial charge in [-0.2, -0.15) is 0 Å². The molecule has 1 N–H and O–H groups in total. The molecule has 0 bridgehead atoms. The Bertz CT molecular complexity index is 1140. The first-order valence-corrected chi connectivity index (χ1v) is 10.8. The molecule has 2 atom stereocenters. The molecule has 2 amide bonds. The third kappa shape index (κ3) is 4.20. The summed E-state index contributed by atoms with van der Waals surface area (Å²) in [5, 5.41) is 4.08. The SMILES string of the molecule is CCC(=O)N[C@H]1CC[C@@H](N(C)C(=O)c2ccc(-c3ccc4c(ccn4C)c3)cc2F)C1. The summed E-state index contributed by atoms with van der Waals surface area (Å²) in [6.45, 7) is 1.82.